The average Bonchev–Trinajstić information content (AvgIpc) is 2.39. The monoisotopic (exact) mass is 355 g/mol. The molecule has 0 fully saturated rings. The summed E-state index contributed by atoms with van der Waals surface area (Å²) in [4.78, 5) is 0. The second-order valence-electron chi connectivity index (χ2n) is 5.47. The molecule has 0 heterocycles. The number of hydrogen-bond acceptors (Lipinski definition) is 3. The molecule has 0 aliphatic carbocycles. The van der Waals surface area contributed by atoms with Gasteiger partial charge in [0.1, 0.15) is 6.61 Å². The third kappa shape index (κ3) is 6.53. The molecule has 0 aliphatic heterocycles. The van der Waals surface area contributed by atoms with Crippen molar-refractivity contribution >= 4 is 15.9 Å². The van der Waals surface area contributed by atoms with E-state index in [1.54, 1.807) is 0 Å². The summed E-state index contributed by atoms with van der Waals surface area (Å²) in [6, 6.07) is 4.57. The van der Waals surface area contributed by atoms with Crippen LogP contribution >= 0.6 is 15.9 Å². The van der Waals surface area contributed by atoms with Crippen LogP contribution in [0.2, 0.25) is 0 Å². The molecule has 0 aliphatic rings. The summed E-state index contributed by atoms with van der Waals surface area (Å²) >= 11 is 3.59. The molecule has 0 unspecified atom stereocenters. The smallest absolute Gasteiger partial charge is 0.175 e. The highest BCUT2D eigenvalue weighted by molar-refractivity contribution is 9.10. The Morgan fingerprint density at radius 1 is 1.29 bits per heavy atom. The Morgan fingerprint density at radius 2 is 2.00 bits per heavy atom. The quantitative estimate of drug-likeness (QED) is 0.686. The molecule has 0 bridgehead atoms. The van der Waals surface area contributed by atoms with Crippen molar-refractivity contribution in [2.45, 2.75) is 47.2 Å². The molecule has 0 spiro atoms. The number of ether oxygens (including phenoxy) is 2. The molecular weight excluding hydrogens is 330 g/mol. The van der Waals surface area contributed by atoms with Crippen LogP contribution in [0, 0.1) is 0 Å². The van der Waals surface area contributed by atoms with Crippen molar-refractivity contribution in [1.82, 2.24) is 5.32 Å². The Bertz CT molecular complexity index is 480. The molecule has 1 N–H and O–H groups in total. The van der Waals surface area contributed by atoms with E-state index in [1.165, 1.54) is 11.1 Å². The van der Waals surface area contributed by atoms with Gasteiger partial charge in [0.2, 0.25) is 0 Å². The van der Waals surface area contributed by atoms with Crippen LogP contribution < -0.4 is 14.8 Å². The van der Waals surface area contributed by atoms with Crippen molar-refractivity contribution in [1.29, 1.82) is 0 Å². The van der Waals surface area contributed by atoms with Gasteiger partial charge < -0.3 is 14.8 Å². The van der Waals surface area contributed by atoms with Gasteiger partial charge in [0.05, 0.1) is 11.1 Å². The zero-order valence-electron chi connectivity index (χ0n) is 13.6. The van der Waals surface area contributed by atoms with E-state index >= 15 is 0 Å². The molecule has 0 radical (unpaired) electrons. The van der Waals surface area contributed by atoms with Gasteiger partial charge in [-0.25, -0.2) is 0 Å². The van der Waals surface area contributed by atoms with E-state index in [0.717, 1.165) is 22.5 Å². The largest absolute Gasteiger partial charge is 0.490 e. The molecule has 1 rings (SSSR count). The predicted octanol–water partition coefficient (Wildman–Crippen LogP) is 4.69. The summed E-state index contributed by atoms with van der Waals surface area (Å²) in [5.74, 6) is 1.55. The summed E-state index contributed by atoms with van der Waals surface area (Å²) in [7, 11) is 0. The maximum Gasteiger partial charge on any atom is 0.175 e. The maximum atomic E-state index is 5.84. The van der Waals surface area contributed by atoms with Crippen LogP contribution in [0.3, 0.4) is 0 Å². The summed E-state index contributed by atoms with van der Waals surface area (Å²) < 4.78 is 12.5. The fraction of sp³-hybridized carbons (Fsp3) is 0.529. The van der Waals surface area contributed by atoms with E-state index in [2.05, 4.69) is 61.1 Å². The second kappa shape index (κ2) is 9.11. The first-order valence-electron chi connectivity index (χ1n) is 7.38. The minimum atomic E-state index is 0.452. The van der Waals surface area contributed by atoms with Crippen molar-refractivity contribution in [3.8, 4) is 11.5 Å². The zero-order valence-corrected chi connectivity index (χ0v) is 15.2. The lowest BCUT2D eigenvalue weighted by molar-refractivity contribution is 0.294. The van der Waals surface area contributed by atoms with Crippen molar-refractivity contribution in [2.24, 2.45) is 0 Å². The summed E-state index contributed by atoms with van der Waals surface area (Å²) in [6.45, 7) is 12.3. The van der Waals surface area contributed by atoms with Crippen LogP contribution in [0.25, 0.3) is 0 Å². The Kier molecular flexibility index (Phi) is 7.83. The minimum absolute atomic E-state index is 0.452. The van der Waals surface area contributed by atoms with Gasteiger partial charge in [0.25, 0.3) is 0 Å². The summed E-state index contributed by atoms with van der Waals surface area (Å²) in [6.07, 6.45) is 2.05. The third-order valence-corrected chi connectivity index (χ3v) is 3.39. The molecule has 0 saturated heterocycles. The molecule has 3 nitrogen and oxygen atoms in total. The highest BCUT2D eigenvalue weighted by atomic mass is 79.9. The van der Waals surface area contributed by atoms with Gasteiger partial charge in [-0.2, -0.15) is 0 Å². The lowest BCUT2D eigenvalue weighted by atomic mass is 10.2. The van der Waals surface area contributed by atoms with Crippen molar-refractivity contribution in [3.63, 3.8) is 0 Å². The molecular formula is C17H26BrNO2. The van der Waals surface area contributed by atoms with Crippen LogP contribution in [0.5, 0.6) is 11.5 Å². The highest BCUT2D eigenvalue weighted by Gasteiger charge is 2.12. The van der Waals surface area contributed by atoms with Crippen molar-refractivity contribution < 1.29 is 9.47 Å². The van der Waals surface area contributed by atoms with Crippen molar-refractivity contribution in [3.05, 3.63) is 33.8 Å². The van der Waals surface area contributed by atoms with Crippen LogP contribution in [0.15, 0.2) is 28.3 Å². The Morgan fingerprint density at radius 3 is 2.57 bits per heavy atom. The number of nitrogens with one attached hydrogen (secondary N) is 1. The van der Waals surface area contributed by atoms with Gasteiger partial charge in [-0.15, -0.1) is 0 Å². The summed E-state index contributed by atoms with van der Waals surface area (Å²) in [5.41, 5.74) is 2.41. The van der Waals surface area contributed by atoms with Gasteiger partial charge in [-0.05, 0) is 60.5 Å². The first-order chi connectivity index (χ1) is 9.93. The number of hydrogen-bond donors (Lipinski definition) is 1. The van der Waals surface area contributed by atoms with Crippen LogP contribution in [0.1, 0.15) is 40.2 Å². The van der Waals surface area contributed by atoms with E-state index in [1.807, 2.05) is 13.0 Å². The molecule has 1 aromatic carbocycles. The van der Waals surface area contributed by atoms with E-state index in [0.29, 0.717) is 19.3 Å². The molecule has 21 heavy (non-hydrogen) atoms. The molecule has 0 aromatic heterocycles. The lowest BCUT2D eigenvalue weighted by Gasteiger charge is -2.16. The number of halogens is 1. The topological polar surface area (TPSA) is 30.5 Å². The van der Waals surface area contributed by atoms with Gasteiger partial charge in [-0.1, -0.05) is 19.4 Å². The molecule has 1 aromatic rings. The van der Waals surface area contributed by atoms with Crippen LogP contribution in [-0.2, 0) is 6.54 Å². The average molecular weight is 356 g/mol. The second-order valence-corrected chi connectivity index (χ2v) is 6.32. The van der Waals surface area contributed by atoms with E-state index in [9.17, 15) is 0 Å². The van der Waals surface area contributed by atoms with Gasteiger partial charge in [-0.3, -0.25) is 0 Å². The van der Waals surface area contributed by atoms with Gasteiger partial charge in [0, 0.05) is 12.6 Å². The zero-order chi connectivity index (χ0) is 15.8. The predicted molar refractivity (Wildman–Crippen MR) is 92.2 cm³/mol. The number of allylic oxidation sites excluding steroid dienone is 1. The van der Waals surface area contributed by atoms with Gasteiger partial charge >= 0.3 is 0 Å². The molecule has 0 atom stereocenters. The number of benzene rings is 1. The highest BCUT2D eigenvalue weighted by Crippen LogP contribution is 2.37. The molecule has 0 amide bonds. The van der Waals surface area contributed by atoms with Crippen LogP contribution in [-0.4, -0.2) is 19.3 Å². The van der Waals surface area contributed by atoms with E-state index in [-0.39, 0.29) is 0 Å². The maximum absolute atomic E-state index is 5.84. The van der Waals surface area contributed by atoms with Crippen LogP contribution in [0.4, 0.5) is 0 Å². The van der Waals surface area contributed by atoms with Gasteiger partial charge in [0.15, 0.2) is 11.5 Å². The number of rotatable bonds is 8. The molecule has 4 heteroatoms. The SMILES string of the molecule is CCOc1cc(CNC(C)C)cc(Br)c1OCC=C(C)C. The Hall–Kier alpha value is -1.00. The first-order valence-corrected chi connectivity index (χ1v) is 8.18. The van der Waals surface area contributed by atoms with E-state index in [4.69, 9.17) is 9.47 Å². The standard InChI is InChI=1S/C17H26BrNO2/c1-6-20-16-10-14(11-19-13(4)5)9-15(18)17(16)21-8-7-12(2)3/h7,9-10,13,19H,6,8,11H2,1-5H3. The Balaban J connectivity index is 2.92. The van der Waals surface area contributed by atoms with Crippen molar-refractivity contribution in [2.75, 3.05) is 13.2 Å². The normalized spacial score (nSPS) is 10.6. The lowest BCUT2D eigenvalue weighted by Crippen LogP contribution is -2.21. The third-order valence-electron chi connectivity index (χ3n) is 2.80. The first kappa shape index (κ1) is 18.1. The molecule has 0 saturated carbocycles. The fourth-order valence-electron chi connectivity index (χ4n) is 1.74. The fourth-order valence-corrected chi connectivity index (χ4v) is 2.34. The van der Waals surface area contributed by atoms with E-state index < -0.39 is 0 Å². The Labute approximate surface area is 136 Å². The summed E-state index contributed by atoms with van der Waals surface area (Å²) in [5, 5.41) is 3.41. The minimum Gasteiger partial charge on any atom is -0.490 e. The molecule has 118 valence electrons.